The molecule has 2 heterocycles. The van der Waals surface area contributed by atoms with Gasteiger partial charge < -0.3 is 10.2 Å². The second kappa shape index (κ2) is 6.50. The molecule has 92 valence electrons. The molecule has 0 radical (unpaired) electrons. The SMILES string of the molecule is CC1CCSC(=NCCCN2CCCC2)N1. The number of hydrogen-bond acceptors (Lipinski definition) is 3. The molecule has 4 heteroatoms. The van der Waals surface area contributed by atoms with Crippen molar-refractivity contribution in [1.82, 2.24) is 10.2 Å². The van der Waals surface area contributed by atoms with Crippen LogP contribution >= 0.6 is 11.8 Å². The van der Waals surface area contributed by atoms with E-state index in [9.17, 15) is 0 Å². The zero-order chi connectivity index (χ0) is 11.2. The average molecular weight is 241 g/mol. The molecule has 0 spiro atoms. The van der Waals surface area contributed by atoms with Crippen molar-refractivity contribution in [2.24, 2.45) is 4.99 Å². The number of amidine groups is 1. The second-order valence-corrected chi connectivity index (χ2v) is 5.86. The van der Waals surface area contributed by atoms with E-state index >= 15 is 0 Å². The Bertz CT molecular complexity index is 236. The van der Waals surface area contributed by atoms with Crippen LogP contribution in [0.15, 0.2) is 4.99 Å². The number of aliphatic imine (C=N–C) groups is 1. The van der Waals surface area contributed by atoms with Crippen molar-refractivity contribution < 1.29 is 0 Å². The molecule has 0 aromatic heterocycles. The van der Waals surface area contributed by atoms with Gasteiger partial charge in [-0.3, -0.25) is 4.99 Å². The van der Waals surface area contributed by atoms with Gasteiger partial charge in [0, 0.05) is 18.3 Å². The number of thioether (sulfide) groups is 1. The fourth-order valence-electron chi connectivity index (χ4n) is 2.23. The van der Waals surface area contributed by atoms with E-state index < -0.39 is 0 Å². The lowest BCUT2D eigenvalue weighted by molar-refractivity contribution is 0.336. The first-order valence-corrected chi connectivity index (χ1v) is 7.49. The van der Waals surface area contributed by atoms with Gasteiger partial charge >= 0.3 is 0 Å². The molecule has 1 unspecified atom stereocenters. The maximum absolute atomic E-state index is 4.64. The highest BCUT2D eigenvalue weighted by Crippen LogP contribution is 2.13. The molecule has 1 N–H and O–H groups in total. The lowest BCUT2D eigenvalue weighted by Crippen LogP contribution is -2.35. The van der Waals surface area contributed by atoms with E-state index in [4.69, 9.17) is 0 Å². The standard InChI is InChI=1S/C12H23N3S/c1-11-5-10-16-12(14-11)13-6-4-9-15-7-2-3-8-15/h11H,2-10H2,1H3,(H,13,14). The largest absolute Gasteiger partial charge is 0.362 e. The van der Waals surface area contributed by atoms with E-state index in [0.29, 0.717) is 6.04 Å². The van der Waals surface area contributed by atoms with Crippen LogP contribution in [0, 0.1) is 0 Å². The zero-order valence-electron chi connectivity index (χ0n) is 10.2. The molecule has 2 saturated heterocycles. The average Bonchev–Trinajstić information content (AvgIpc) is 2.77. The van der Waals surface area contributed by atoms with E-state index in [0.717, 1.165) is 6.54 Å². The van der Waals surface area contributed by atoms with Crippen molar-refractivity contribution in [3.05, 3.63) is 0 Å². The summed E-state index contributed by atoms with van der Waals surface area (Å²) in [5, 5.41) is 4.61. The van der Waals surface area contributed by atoms with Gasteiger partial charge in [0.2, 0.25) is 0 Å². The van der Waals surface area contributed by atoms with Crippen molar-refractivity contribution in [3.63, 3.8) is 0 Å². The maximum atomic E-state index is 4.64. The van der Waals surface area contributed by atoms with Gasteiger partial charge in [0.15, 0.2) is 5.17 Å². The molecule has 0 amide bonds. The Kier molecular flexibility index (Phi) is 4.97. The Morgan fingerprint density at radius 2 is 2.25 bits per heavy atom. The van der Waals surface area contributed by atoms with Crippen LogP contribution < -0.4 is 5.32 Å². The summed E-state index contributed by atoms with van der Waals surface area (Å²) in [4.78, 5) is 7.20. The normalized spacial score (nSPS) is 29.6. The van der Waals surface area contributed by atoms with Gasteiger partial charge in [-0.05, 0) is 52.2 Å². The maximum Gasteiger partial charge on any atom is 0.156 e. The molecule has 0 aliphatic carbocycles. The van der Waals surface area contributed by atoms with Crippen LogP contribution in [0.5, 0.6) is 0 Å². The van der Waals surface area contributed by atoms with Crippen molar-refractivity contribution in [1.29, 1.82) is 0 Å². The van der Waals surface area contributed by atoms with E-state index in [-0.39, 0.29) is 0 Å². The molecule has 3 nitrogen and oxygen atoms in total. The van der Waals surface area contributed by atoms with E-state index in [1.54, 1.807) is 0 Å². The Labute approximate surface area is 103 Å². The molecule has 2 rings (SSSR count). The highest BCUT2D eigenvalue weighted by Gasteiger charge is 2.13. The zero-order valence-corrected chi connectivity index (χ0v) is 11.1. The van der Waals surface area contributed by atoms with Crippen LogP contribution in [-0.2, 0) is 0 Å². The third-order valence-electron chi connectivity index (χ3n) is 3.25. The predicted molar refractivity (Wildman–Crippen MR) is 72.3 cm³/mol. The molecule has 2 aliphatic heterocycles. The predicted octanol–water partition coefficient (Wildman–Crippen LogP) is 1.94. The molecule has 2 fully saturated rings. The van der Waals surface area contributed by atoms with Crippen LogP contribution in [0.3, 0.4) is 0 Å². The monoisotopic (exact) mass is 241 g/mol. The quantitative estimate of drug-likeness (QED) is 0.762. The van der Waals surface area contributed by atoms with Crippen LogP contribution in [0.1, 0.15) is 32.6 Å². The fourth-order valence-corrected chi connectivity index (χ4v) is 3.36. The fraction of sp³-hybridized carbons (Fsp3) is 0.917. The van der Waals surface area contributed by atoms with Crippen LogP contribution in [0.25, 0.3) is 0 Å². The molecule has 0 aromatic rings. The Morgan fingerprint density at radius 1 is 1.44 bits per heavy atom. The first-order valence-electron chi connectivity index (χ1n) is 6.51. The van der Waals surface area contributed by atoms with Gasteiger partial charge in [-0.25, -0.2) is 0 Å². The smallest absolute Gasteiger partial charge is 0.156 e. The minimum Gasteiger partial charge on any atom is -0.362 e. The van der Waals surface area contributed by atoms with Gasteiger partial charge in [0.1, 0.15) is 0 Å². The van der Waals surface area contributed by atoms with Gasteiger partial charge in [-0.1, -0.05) is 11.8 Å². The molecule has 2 aliphatic rings. The Morgan fingerprint density at radius 3 is 3.00 bits per heavy atom. The van der Waals surface area contributed by atoms with Gasteiger partial charge in [-0.2, -0.15) is 0 Å². The highest BCUT2D eigenvalue weighted by molar-refractivity contribution is 8.13. The van der Waals surface area contributed by atoms with Crippen molar-refractivity contribution >= 4 is 16.9 Å². The van der Waals surface area contributed by atoms with Crippen molar-refractivity contribution in [3.8, 4) is 0 Å². The first kappa shape index (κ1) is 12.2. The number of likely N-dealkylation sites (tertiary alicyclic amines) is 1. The lowest BCUT2D eigenvalue weighted by atomic mass is 10.3. The summed E-state index contributed by atoms with van der Waals surface area (Å²) in [6, 6.07) is 0.610. The van der Waals surface area contributed by atoms with Gasteiger partial charge in [-0.15, -0.1) is 0 Å². The molecule has 16 heavy (non-hydrogen) atoms. The summed E-state index contributed by atoms with van der Waals surface area (Å²) >= 11 is 1.87. The summed E-state index contributed by atoms with van der Waals surface area (Å²) in [5.41, 5.74) is 0. The number of hydrogen-bond donors (Lipinski definition) is 1. The highest BCUT2D eigenvalue weighted by atomic mass is 32.2. The summed E-state index contributed by atoms with van der Waals surface area (Å²) in [5.74, 6) is 1.22. The summed E-state index contributed by atoms with van der Waals surface area (Å²) < 4.78 is 0. The van der Waals surface area contributed by atoms with E-state index in [2.05, 4.69) is 22.1 Å². The lowest BCUT2D eigenvalue weighted by Gasteiger charge is -2.21. The Balaban J connectivity index is 1.60. The molecular formula is C12H23N3S. The summed E-state index contributed by atoms with van der Waals surface area (Å²) in [7, 11) is 0. The minimum atomic E-state index is 0.610. The third kappa shape index (κ3) is 3.98. The molecule has 0 bridgehead atoms. The van der Waals surface area contributed by atoms with E-state index in [1.807, 2.05) is 11.8 Å². The molecular weight excluding hydrogens is 218 g/mol. The van der Waals surface area contributed by atoms with Crippen LogP contribution in [0.2, 0.25) is 0 Å². The molecule has 0 aromatic carbocycles. The van der Waals surface area contributed by atoms with Crippen LogP contribution in [0.4, 0.5) is 0 Å². The number of rotatable bonds is 4. The molecule has 0 saturated carbocycles. The van der Waals surface area contributed by atoms with Crippen molar-refractivity contribution in [2.75, 3.05) is 31.9 Å². The minimum absolute atomic E-state index is 0.610. The second-order valence-electron chi connectivity index (χ2n) is 4.77. The Hall–Kier alpha value is -0.220. The third-order valence-corrected chi connectivity index (χ3v) is 4.21. The summed E-state index contributed by atoms with van der Waals surface area (Å²) in [6.07, 6.45) is 5.25. The van der Waals surface area contributed by atoms with Gasteiger partial charge in [0.05, 0.1) is 0 Å². The number of nitrogens with one attached hydrogen (secondary N) is 1. The van der Waals surface area contributed by atoms with Crippen molar-refractivity contribution in [2.45, 2.75) is 38.6 Å². The van der Waals surface area contributed by atoms with Crippen LogP contribution in [-0.4, -0.2) is 48.0 Å². The topological polar surface area (TPSA) is 27.6 Å². The first-order chi connectivity index (χ1) is 7.84. The summed E-state index contributed by atoms with van der Waals surface area (Å²) in [6.45, 7) is 7.07. The van der Waals surface area contributed by atoms with E-state index in [1.165, 1.54) is 56.2 Å². The number of nitrogens with zero attached hydrogens (tertiary/aromatic N) is 2. The van der Waals surface area contributed by atoms with Gasteiger partial charge in [0.25, 0.3) is 0 Å². The molecule has 1 atom stereocenters.